The van der Waals surface area contributed by atoms with Crippen LogP contribution >= 0.6 is 0 Å². The Morgan fingerprint density at radius 2 is 1.22 bits per heavy atom. The third-order valence-corrected chi connectivity index (χ3v) is 8.09. The second kappa shape index (κ2) is 12.9. The first kappa shape index (κ1) is 34.0. The fourth-order valence-electron chi connectivity index (χ4n) is 6.17. The predicted octanol–water partition coefficient (Wildman–Crippen LogP) is 9.34. The largest absolute Gasteiger partial charge is 0.446 e. The number of nitrogens with one attached hydrogen (secondary N) is 3. The first-order valence-electron chi connectivity index (χ1n) is 15.9. The fraction of sp³-hybridized carbons (Fsp3) is 0.474. The number of benzene rings is 3. The lowest BCUT2D eigenvalue weighted by molar-refractivity contribution is 0.0256. The van der Waals surface area contributed by atoms with Gasteiger partial charge in [-0.2, -0.15) is 0 Å². The zero-order valence-corrected chi connectivity index (χ0v) is 28.7. The van der Waals surface area contributed by atoms with E-state index >= 15 is 0 Å². The topological polar surface area (TPSA) is 88.7 Å². The molecule has 0 radical (unpaired) electrons. The molecular weight excluding hydrogens is 562 g/mol. The predicted molar refractivity (Wildman–Crippen MR) is 184 cm³/mol. The molecule has 3 N–H and O–H groups in total. The molecule has 4 rings (SSSR count). The third-order valence-electron chi connectivity index (χ3n) is 8.09. The van der Waals surface area contributed by atoms with Crippen molar-refractivity contribution in [3.8, 4) is 5.75 Å². The molecule has 0 saturated carbocycles. The monoisotopic (exact) mass is 613 g/mol. The average molecular weight is 614 g/mol. The SMILES string of the molecule is CC1(C)CC(OC(=O)Nc2ccc(Cc3ccc(NC(=O)Oc4ccc(C(C)(C)C)cc4C(C)(C)C)cc3)cc2)CC(C)(C)N1. The summed E-state index contributed by atoms with van der Waals surface area (Å²) in [4.78, 5) is 25.4. The number of amides is 2. The van der Waals surface area contributed by atoms with Crippen LogP contribution in [-0.2, 0) is 22.0 Å². The van der Waals surface area contributed by atoms with Crippen molar-refractivity contribution >= 4 is 23.6 Å². The third kappa shape index (κ3) is 9.82. The Labute approximate surface area is 269 Å². The first-order chi connectivity index (χ1) is 20.8. The molecule has 3 aromatic carbocycles. The Morgan fingerprint density at radius 3 is 1.69 bits per heavy atom. The van der Waals surface area contributed by atoms with Crippen LogP contribution < -0.4 is 20.7 Å². The highest BCUT2D eigenvalue weighted by Crippen LogP contribution is 2.36. The van der Waals surface area contributed by atoms with Crippen molar-refractivity contribution in [1.29, 1.82) is 0 Å². The zero-order chi connectivity index (χ0) is 33.2. The van der Waals surface area contributed by atoms with E-state index in [0.29, 0.717) is 23.5 Å². The number of hydrogen-bond acceptors (Lipinski definition) is 5. The molecule has 3 aromatic rings. The number of carbonyl (C=O) groups excluding carboxylic acids is 2. The Balaban J connectivity index is 1.30. The van der Waals surface area contributed by atoms with Crippen molar-refractivity contribution in [1.82, 2.24) is 5.32 Å². The number of piperidine rings is 1. The molecule has 1 aliphatic rings. The van der Waals surface area contributed by atoms with Gasteiger partial charge < -0.3 is 14.8 Å². The minimum atomic E-state index is -0.522. The molecule has 1 aliphatic heterocycles. The van der Waals surface area contributed by atoms with Crippen LogP contribution in [0.4, 0.5) is 21.0 Å². The summed E-state index contributed by atoms with van der Waals surface area (Å²) in [5, 5.41) is 9.32. The summed E-state index contributed by atoms with van der Waals surface area (Å²) in [6.07, 6.45) is 1.15. The van der Waals surface area contributed by atoms with E-state index < -0.39 is 12.2 Å². The highest BCUT2D eigenvalue weighted by Gasteiger charge is 2.39. The van der Waals surface area contributed by atoms with Gasteiger partial charge in [0, 0.05) is 40.9 Å². The summed E-state index contributed by atoms with van der Waals surface area (Å²) in [5.41, 5.74) is 5.36. The second-order valence-corrected chi connectivity index (χ2v) is 15.7. The number of carbonyl (C=O) groups is 2. The maximum Gasteiger partial charge on any atom is 0.417 e. The molecule has 0 unspecified atom stereocenters. The number of anilines is 2. The van der Waals surface area contributed by atoms with E-state index in [1.165, 1.54) is 5.56 Å². The van der Waals surface area contributed by atoms with Gasteiger partial charge in [0.1, 0.15) is 11.9 Å². The van der Waals surface area contributed by atoms with Crippen molar-refractivity contribution in [2.45, 2.75) is 117 Å². The first-order valence-corrected chi connectivity index (χ1v) is 15.9. The van der Waals surface area contributed by atoms with Gasteiger partial charge in [-0.25, -0.2) is 9.59 Å². The standard InChI is InChI=1S/C38H51N3O4/c1-35(2,3)27-15-20-32(31(22-27)36(4,5)6)45-34(43)40-29-18-13-26(14-19-29)21-25-11-16-28(17-12-25)39-33(42)44-30-23-37(7,8)41-38(9,10)24-30/h11-20,22,30,41H,21,23-24H2,1-10H3,(H,39,42)(H,40,43). The molecule has 1 fully saturated rings. The average Bonchev–Trinajstić information content (AvgIpc) is 2.88. The quantitative estimate of drug-likeness (QED) is 0.258. The van der Waals surface area contributed by atoms with Crippen LogP contribution in [0, 0.1) is 0 Å². The molecule has 1 heterocycles. The van der Waals surface area contributed by atoms with Crippen molar-refractivity contribution < 1.29 is 19.1 Å². The minimum absolute atomic E-state index is 0.00241. The second-order valence-electron chi connectivity index (χ2n) is 15.7. The Bertz CT molecular complexity index is 1480. The molecule has 0 aromatic heterocycles. The van der Waals surface area contributed by atoms with Crippen LogP contribution in [0.3, 0.4) is 0 Å². The fourth-order valence-corrected chi connectivity index (χ4v) is 6.17. The normalized spacial score (nSPS) is 16.5. The summed E-state index contributed by atoms with van der Waals surface area (Å²) in [6, 6.07) is 21.5. The highest BCUT2D eigenvalue weighted by molar-refractivity contribution is 5.86. The zero-order valence-electron chi connectivity index (χ0n) is 28.7. The lowest BCUT2D eigenvalue weighted by Crippen LogP contribution is -2.59. The van der Waals surface area contributed by atoms with Crippen molar-refractivity contribution in [3.63, 3.8) is 0 Å². The molecule has 0 atom stereocenters. The van der Waals surface area contributed by atoms with Gasteiger partial charge >= 0.3 is 12.2 Å². The molecule has 2 amide bonds. The van der Waals surface area contributed by atoms with Crippen molar-refractivity contribution in [2.75, 3.05) is 10.6 Å². The smallest absolute Gasteiger partial charge is 0.417 e. The lowest BCUT2D eigenvalue weighted by Gasteiger charge is -2.45. The van der Waals surface area contributed by atoms with E-state index in [0.717, 1.165) is 29.5 Å². The summed E-state index contributed by atoms with van der Waals surface area (Å²) in [6.45, 7) is 21.4. The van der Waals surface area contributed by atoms with Crippen LogP contribution in [0.5, 0.6) is 5.75 Å². The van der Waals surface area contributed by atoms with Gasteiger partial charge in [-0.1, -0.05) is 77.9 Å². The van der Waals surface area contributed by atoms with Crippen LogP contribution in [0.1, 0.15) is 104 Å². The number of hydrogen-bond donors (Lipinski definition) is 3. The lowest BCUT2D eigenvalue weighted by atomic mass is 9.80. The van der Waals surface area contributed by atoms with Crippen molar-refractivity contribution in [3.05, 3.63) is 89.0 Å². The van der Waals surface area contributed by atoms with Gasteiger partial charge in [0.2, 0.25) is 0 Å². The maximum absolute atomic E-state index is 12.8. The molecule has 0 bridgehead atoms. The van der Waals surface area contributed by atoms with Crippen LogP contribution in [0.25, 0.3) is 0 Å². The molecule has 7 heteroatoms. The van der Waals surface area contributed by atoms with E-state index in [2.05, 4.69) is 91.3 Å². The molecule has 1 saturated heterocycles. The summed E-state index contributed by atoms with van der Waals surface area (Å²) >= 11 is 0. The van der Waals surface area contributed by atoms with Gasteiger partial charge in [-0.3, -0.25) is 10.6 Å². The molecule has 0 spiro atoms. The molecule has 45 heavy (non-hydrogen) atoms. The van der Waals surface area contributed by atoms with Crippen LogP contribution in [-0.4, -0.2) is 29.4 Å². The Hall–Kier alpha value is -3.84. The minimum Gasteiger partial charge on any atom is -0.446 e. The Kier molecular flexibility index (Phi) is 9.74. The van der Waals surface area contributed by atoms with E-state index in [1.807, 2.05) is 60.7 Å². The van der Waals surface area contributed by atoms with Gasteiger partial charge in [0.25, 0.3) is 0 Å². The van der Waals surface area contributed by atoms with Crippen molar-refractivity contribution in [2.24, 2.45) is 0 Å². The molecule has 7 nitrogen and oxygen atoms in total. The van der Waals surface area contributed by atoms with Crippen LogP contribution in [0.2, 0.25) is 0 Å². The van der Waals surface area contributed by atoms with E-state index in [9.17, 15) is 9.59 Å². The number of rotatable bonds is 6. The van der Waals surface area contributed by atoms with E-state index in [4.69, 9.17) is 9.47 Å². The number of ether oxygens (including phenoxy) is 2. The molecular formula is C38H51N3O4. The molecule has 242 valence electrons. The summed E-state index contributed by atoms with van der Waals surface area (Å²) < 4.78 is 11.5. The summed E-state index contributed by atoms with van der Waals surface area (Å²) in [7, 11) is 0. The highest BCUT2D eigenvalue weighted by atomic mass is 16.6. The van der Waals surface area contributed by atoms with Gasteiger partial charge in [-0.15, -0.1) is 0 Å². The van der Waals surface area contributed by atoms with E-state index in [1.54, 1.807) is 0 Å². The Morgan fingerprint density at radius 1 is 0.733 bits per heavy atom. The summed E-state index contributed by atoms with van der Waals surface area (Å²) in [5.74, 6) is 0.565. The van der Waals surface area contributed by atoms with E-state index in [-0.39, 0.29) is 28.0 Å². The maximum atomic E-state index is 12.8. The van der Waals surface area contributed by atoms with Gasteiger partial charge in [0.05, 0.1) is 0 Å². The van der Waals surface area contributed by atoms with Gasteiger partial charge in [0.15, 0.2) is 0 Å². The molecule has 0 aliphatic carbocycles. The van der Waals surface area contributed by atoms with Crippen LogP contribution in [0.15, 0.2) is 66.7 Å². The van der Waals surface area contributed by atoms with Gasteiger partial charge in [-0.05, 0) is 92.0 Å².